The number of ether oxygens (including phenoxy) is 1. The van der Waals surface area contributed by atoms with Gasteiger partial charge in [-0.3, -0.25) is 9.78 Å². The molecule has 1 unspecified atom stereocenters. The van der Waals surface area contributed by atoms with Crippen LogP contribution in [-0.2, 0) is 11.3 Å². The fraction of sp³-hybridized carbons (Fsp3) is 0.136. The average Bonchev–Trinajstić information content (AvgIpc) is 3.26. The summed E-state index contributed by atoms with van der Waals surface area (Å²) in [6, 6.07) is 14.9. The second-order valence-corrected chi connectivity index (χ2v) is 8.68. The van der Waals surface area contributed by atoms with E-state index in [1.807, 2.05) is 42.5 Å². The summed E-state index contributed by atoms with van der Waals surface area (Å²) in [7, 11) is 1.62. The molecule has 0 saturated heterocycles. The Labute approximate surface area is 199 Å². The van der Waals surface area contributed by atoms with Gasteiger partial charge in [0.25, 0.3) is 5.91 Å². The van der Waals surface area contributed by atoms with Gasteiger partial charge >= 0.3 is 0 Å². The van der Waals surface area contributed by atoms with Crippen LogP contribution in [0.2, 0.25) is 10.2 Å². The number of rotatable bonds is 7. The summed E-state index contributed by atoms with van der Waals surface area (Å²) in [6.07, 6.45) is 4.70. The molecule has 2 heterocycles. The first-order valence-electron chi connectivity index (χ1n) is 9.60. The number of aromatic nitrogens is 2. The van der Waals surface area contributed by atoms with Gasteiger partial charge in [0, 0.05) is 6.20 Å². The van der Waals surface area contributed by atoms with E-state index >= 15 is 0 Å². The highest BCUT2D eigenvalue weighted by atomic mass is 35.5. The molecule has 32 heavy (non-hydrogen) atoms. The maximum absolute atomic E-state index is 13.5. The van der Waals surface area contributed by atoms with Crippen LogP contribution in [0.25, 0.3) is 0 Å². The quantitative estimate of drug-likeness (QED) is 0.490. The lowest BCUT2D eigenvalue weighted by atomic mass is 10.2. The van der Waals surface area contributed by atoms with Crippen molar-refractivity contribution in [2.24, 2.45) is 0 Å². The van der Waals surface area contributed by atoms with Crippen molar-refractivity contribution in [1.29, 1.82) is 0 Å². The number of anilines is 2. The number of para-hydroxylation sites is 1. The lowest BCUT2D eigenvalue weighted by Crippen LogP contribution is -2.31. The number of benzene rings is 2. The number of amides is 1. The van der Waals surface area contributed by atoms with Crippen molar-refractivity contribution >= 4 is 52.4 Å². The van der Waals surface area contributed by atoms with Gasteiger partial charge in [0.15, 0.2) is 5.50 Å². The molecular formula is C22H19Cl2N5O2S. The minimum absolute atomic E-state index is 0.173. The summed E-state index contributed by atoms with van der Waals surface area (Å²) < 4.78 is 5.23. The Morgan fingerprint density at radius 2 is 1.97 bits per heavy atom. The molecule has 0 spiro atoms. The van der Waals surface area contributed by atoms with Gasteiger partial charge in [-0.15, -0.1) is 0 Å². The van der Waals surface area contributed by atoms with E-state index in [1.54, 1.807) is 30.5 Å². The van der Waals surface area contributed by atoms with Gasteiger partial charge in [-0.1, -0.05) is 59.2 Å². The minimum Gasteiger partial charge on any atom is -0.497 e. The van der Waals surface area contributed by atoms with E-state index in [1.165, 1.54) is 18.0 Å². The summed E-state index contributed by atoms with van der Waals surface area (Å²) in [5.41, 5.74) is 1.28. The fourth-order valence-corrected chi connectivity index (χ4v) is 4.36. The first-order chi connectivity index (χ1) is 15.5. The van der Waals surface area contributed by atoms with Gasteiger partial charge in [-0.2, -0.15) is 0 Å². The van der Waals surface area contributed by atoms with E-state index in [0.29, 0.717) is 28.0 Å². The highest BCUT2D eigenvalue weighted by Gasteiger charge is 2.28. The van der Waals surface area contributed by atoms with Crippen LogP contribution >= 0.6 is 35.0 Å². The Hall–Kier alpha value is -2.94. The summed E-state index contributed by atoms with van der Waals surface area (Å²) in [4.78, 5) is 23.9. The van der Waals surface area contributed by atoms with Gasteiger partial charge in [-0.25, -0.2) is 4.98 Å². The third-order valence-corrected chi connectivity index (χ3v) is 6.13. The van der Waals surface area contributed by atoms with Gasteiger partial charge in [0.2, 0.25) is 0 Å². The van der Waals surface area contributed by atoms with Crippen molar-refractivity contribution in [2.75, 3.05) is 17.3 Å². The number of hydrogen-bond donors (Lipinski definition) is 2. The van der Waals surface area contributed by atoms with Gasteiger partial charge in [0.05, 0.1) is 41.7 Å². The predicted molar refractivity (Wildman–Crippen MR) is 129 cm³/mol. The molecule has 3 aromatic rings. The van der Waals surface area contributed by atoms with Crippen molar-refractivity contribution in [3.63, 3.8) is 0 Å². The maximum Gasteiger partial charge on any atom is 0.266 e. The largest absolute Gasteiger partial charge is 0.497 e. The molecule has 0 aliphatic carbocycles. The highest BCUT2D eigenvalue weighted by molar-refractivity contribution is 8.04. The summed E-state index contributed by atoms with van der Waals surface area (Å²) in [5.74, 6) is 1.08. The third kappa shape index (κ3) is 5.27. The van der Waals surface area contributed by atoms with Crippen molar-refractivity contribution in [2.45, 2.75) is 12.0 Å². The number of thioether (sulfide) groups is 1. The molecule has 10 heteroatoms. The monoisotopic (exact) mass is 487 g/mol. The Morgan fingerprint density at radius 1 is 1.19 bits per heavy atom. The summed E-state index contributed by atoms with van der Waals surface area (Å²) in [6.45, 7) is 0.350. The van der Waals surface area contributed by atoms with Crippen LogP contribution in [0, 0.1) is 0 Å². The smallest absolute Gasteiger partial charge is 0.266 e. The Morgan fingerprint density at radius 3 is 2.69 bits per heavy atom. The van der Waals surface area contributed by atoms with Crippen molar-refractivity contribution in [3.05, 3.63) is 87.8 Å². The maximum atomic E-state index is 13.5. The predicted octanol–water partition coefficient (Wildman–Crippen LogP) is 4.90. The molecule has 4 rings (SSSR count). The van der Waals surface area contributed by atoms with Crippen LogP contribution in [-0.4, -0.2) is 28.5 Å². The molecule has 0 radical (unpaired) electrons. The van der Waals surface area contributed by atoms with Crippen LogP contribution in [0.4, 0.5) is 11.5 Å². The molecule has 1 aromatic heterocycles. The lowest BCUT2D eigenvalue weighted by molar-refractivity contribution is -0.114. The fourth-order valence-electron chi connectivity index (χ4n) is 3.06. The van der Waals surface area contributed by atoms with E-state index in [2.05, 4.69) is 20.6 Å². The number of methoxy groups -OCH3 is 1. The Bertz CT molecular complexity index is 1140. The number of nitrogens with one attached hydrogen (secondary N) is 2. The first-order valence-corrected chi connectivity index (χ1v) is 11.2. The van der Waals surface area contributed by atoms with Crippen molar-refractivity contribution < 1.29 is 9.53 Å². The summed E-state index contributed by atoms with van der Waals surface area (Å²) in [5, 5.41) is 7.07. The van der Waals surface area contributed by atoms with Crippen molar-refractivity contribution in [1.82, 2.24) is 15.3 Å². The topological polar surface area (TPSA) is 79.4 Å². The molecular weight excluding hydrogens is 469 g/mol. The zero-order chi connectivity index (χ0) is 22.5. The van der Waals surface area contributed by atoms with Crippen LogP contribution in [0.3, 0.4) is 0 Å². The molecule has 2 N–H and O–H groups in total. The lowest BCUT2D eigenvalue weighted by Gasteiger charge is -2.24. The van der Waals surface area contributed by atoms with E-state index < -0.39 is 0 Å². The van der Waals surface area contributed by atoms with Crippen LogP contribution in [0.1, 0.15) is 5.56 Å². The van der Waals surface area contributed by atoms with Gasteiger partial charge in [-0.05, 0) is 29.8 Å². The molecule has 1 aliphatic rings. The first kappa shape index (κ1) is 22.3. The third-order valence-electron chi connectivity index (χ3n) is 4.59. The van der Waals surface area contributed by atoms with Crippen LogP contribution in [0.15, 0.2) is 72.0 Å². The summed E-state index contributed by atoms with van der Waals surface area (Å²) >= 11 is 13.7. The second kappa shape index (κ2) is 10.1. The second-order valence-electron chi connectivity index (χ2n) is 6.74. The highest BCUT2D eigenvalue weighted by Crippen LogP contribution is 2.33. The number of nitrogens with zero attached hydrogens (tertiary/aromatic N) is 3. The van der Waals surface area contributed by atoms with Gasteiger partial charge < -0.3 is 20.3 Å². The molecule has 0 bridgehead atoms. The molecule has 164 valence electrons. The molecule has 7 nitrogen and oxygen atoms in total. The van der Waals surface area contributed by atoms with Crippen LogP contribution in [0.5, 0.6) is 5.75 Å². The van der Waals surface area contributed by atoms with Crippen LogP contribution < -0.4 is 20.3 Å². The number of hydrogen-bond acceptors (Lipinski definition) is 7. The van der Waals surface area contributed by atoms with E-state index in [4.69, 9.17) is 27.9 Å². The molecule has 1 atom stereocenters. The molecule has 1 aliphatic heterocycles. The van der Waals surface area contributed by atoms with E-state index in [0.717, 1.165) is 11.3 Å². The van der Waals surface area contributed by atoms with Gasteiger partial charge in [0.1, 0.15) is 16.7 Å². The minimum atomic E-state index is -0.296. The Balaban J connectivity index is 1.53. The normalized spacial score (nSPS) is 15.0. The molecule has 1 amide bonds. The zero-order valence-electron chi connectivity index (χ0n) is 17.0. The SMILES string of the molecule is COc1ccc(CN(C(=O)C2=CNC(Nc3cncc(Cl)n3)S2)c2ccccc2Cl)cc1. The molecule has 0 saturated carbocycles. The number of halogens is 2. The van der Waals surface area contributed by atoms with E-state index in [-0.39, 0.29) is 16.6 Å². The Kier molecular flexibility index (Phi) is 7.04. The average molecular weight is 488 g/mol. The van der Waals surface area contributed by atoms with E-state index in [9.17, 15) is 4.79 Å². The number of carbonyl (C=O) groups is 1. The van der Waals surface area contributed by atoms with Crippen molar-refractivity contribution in [3.8, 4) is 5.75 Å². The number of carbonyl (C=O) groups excluding carboxylic acids is 1. The molecule has 0 fully saturated rings. The zero-order valence-corrected chi connectivity index (χ0v) is 19.3. The molecule has 2 aromatic carbocycles. The standard InChI is InChI=1S/C22H19Cl2N5O2S/c1-31-15-8-6-14(7-9-15)13-29(17-5-3-2-4-16(17)23)21(30)18-10-26-22(32-18)28-20-12-25-11-19(24)27-20/h2-12,22,26H,13H2,1H3,(H,27,28).